The van der Waals surface area contributed by atoms with Gasteiger partial charge in [0.25, 0.3) is 0 Å². The SMILES string of the molecule is CCC(=O)c1cc(C(C)(C)C)ccc1C1=C(C)C(C)=CC1. The Kier molecular flexibility index (Phi) is 4.22. The molecule has 0 aliphatic heterocycles. The van der Waals surface area contributed by atoms with Crippen LogP contribution in [0.4, 0.5) is 0 Å². The predicted molar refractivity (Wildman–Crippen MR) is 90.7 cm³/mol. The minimum atomic E-state index is 0.0641. The monoisotopic (exact) mass is 282 g/mol. The maximum Gasteiger partial charge on any atom is 0.163 e. The summed E-state index contributed by atoms with van der Waals surface area (Å²) in [6, 6.07) is 6.43. The summed E-state index contributed by atoms with van der Waals surface area (Å²) in [7, 11) is 0. The molecule has 0 spiro atoms. The molecule has 0 saturated heterocycles. The summed E-state index contributed by atoms with van der Waals surface area (Å²) < 4.78 is 0. The second kappa shape index (κ2) is 5.63. The van der Waals surface area contributed by atoms with Gasteiger partial charge in [0.1, 0.15) is 0 Å². The smallest absolute Gasteiger partial charge is 0.163 e. The summed E-state index contributed by atoms with van der Waals surface area (Å²) in [6.07, 6.45) is 3.75. The lowest BCUT2D eigenvalue weighted by atomic mass is 9.83. The Hall–Kier alpha value is -1.63. The lowest BCUT2D eigenvalue weighted by molar-refractivity contribution is 0.0988. The van der Waals surface area contributed by atoms with Crippen molar-refractivity contribution in [2.24, 2.45) is 0 Å². The fourth-order valence-corrected chi connectivity index (χ4v) is 2.81. The molecule has 0 unspecified atom stereocenters. The number of hydrogen-bond donors (Lipinski definition) is 0. The molecule has 1 heteroatoms. The second-order valence-electron chi connectivity index (χ2n) is 6.98. The Morgan fingerprint density at radius 1 is 1.19 bits per heavy atom. The summed E-state index contributed by atoms with van der Waals surface area (Å²) >= 11 is 0. The fraction of sp³-hybridized carbons (Fsp3) is 0.450. The molecular weight excluding hydrogens is 256 g/mol. The summed E-state index contributed by atoms with van der Waals surface area (Å²) in [4.78, 5) is 12.4. The van der Waals surface area contributed by atoms with E-state index in [0.717, 1.165) is 17.5 Å². The topological polar surface area (TPSA) is 17.1 Å². The van der Waals surface area contributed by atoms with Gasteiger partial charge < -0.3 is 0 Å². The van der Waals surface area contributed by atoms with Crippen LogP contribution in [0.2, 0.25) is 0 Å². The van der Waals surface area contributed by atoms with Crippen LogP contribution >= 0.6 is 0 Å². The van der Waals surface area contributed by atoms with Gasteiger partial charge in [-0.05, 0) is 54.0 Å². The zero-order chi connectivity index (χ0) is 15.8. The van der Waals surface area contributed by atoms with Gasteiger partial charge >= 0.3 is 0 Å². The molecule has 0 heterocycles. The molecule has 1 aliphatic rings. The molecule has 0 saturated carbocycles. The highest BCUT2D eigenvalue weighted by atomic mass is 16.1. The van der Waals surface area contributed by atoms with Gasteiger partial charge in [0.2, 0.25) is 0 Å². The highest BCUT2D eigenvalue weighted by molar-refractivity contribution is 6.01. The van der Waals surface area contributed by atoms with Crippen molar-refractivity contribution in [2.75, 3.05) is 0 Å². The molecule has 2 rings (SSSR count). The minimum absolute atomic E-state index is 0.0641. The van der Waals surface area contributed by atoms with Crippen molar-refractivity contribution in [1.82, 2.24) is 0 Å². The molecule has 0 amide bonds. The van der Waals surface area contributed by atoms with Crippen LogP contribution in [0.25, 0.3) is 5.57 Å². The van der Waals surface area contributed by atoms with Gasteiger partial charge in [-0.15, -0.1) is 0 Å². The van der Waals surface area contributed by atoms with Crippen LogP contribution in [-0.4, -0.2) is 5.78 Å². The molecule has 0 radical (unpaired) electrons. The molecule has 0 atom stereocenters. The third kappa shape index (κ3) is 3.02. The fourth-order valence-electron chi connectivity index (χ4n) is 2.81. The van der Waals surface area contributed by atoms with E-state index >= 15 is 0 Å². The van der Waals surface area contributed by atoms with E-state index in [1.165, 1.54) is 22.3 Å². The Labute approximate surface area is 128 Å². The van der Waals surface area contributed by atoms with Crippen LogP contribution in [0.15, 0.2) is 35.4 Å². The number of Topliss-reactive ketones (excluding diaryl/α,β-unsaturated/α-hetero) is 1. The summed E-state index contributed by atoms with van der Waals surface area (Å²) in [5.41, 5.74) is 7.27. The van der Waals surface area contributed by atoms with Crippen molar-refractivity contribution >= 4 is 11.4 Å². The van der Waals surface area contributed by atoms with Crippen molar-refractivity contribution in [3.8, 4) is 0 Å². The summed E-state index contributed by atoms with van der Waals surface area (Å²) in [5.74, 6) is 0.237. The Balaban J connectivity index is 2.60. The van der Waals surface area contributed by atoms with Crippen molar-refractivity contribution in [3.05, 3.63) is 52.1 Å². The molecule has 1 nitrogen and oxygen atoms in total. The standard InChI is InChI=1S/C20H26O/c1-7-19(21)18-12-15(20(4,5)6)9-11-17(18)16-10-8-13(2)14(16)3/h8-9,11-12H,7,10H2,1-6H3. The first-order chi connectivity index (χ1) is 9.75. The number of hydrogen-bond acceptors (Lipinski definition) is 1. The molecule has 0 N–H and O–H groups in total. The van der Waals surface area contributed by atoms with Crippen molar-refractivity contribution < 1.29 is 4.79 Å². The lowest BCUT2D eigenvalue weighted by Gasteiger charge is -2.21. The molecule has 0 bridgehead atoms. The molecule has 21 heavy (non-hydrogen) atoms. The third-order valence-electron chi connectivity index (χ3n) is 4.49. The molecule has 0 fully saturated rings. The highest BCUT2D eigenvalue weighted by Crippen LogP contribution is 2.36. The van der Waals surface area contributed by atoms with Gasteiger partial charge in [-0.25, -0.2) is 0 Å². The maximum absolute atomic E-state index is 12.4. The van der Waals surface area contributed by atoms with E-state index in [0.29, 0.717) is 6.42 Å². The highest BCUT2D eigenvalue weighted by Gasteiger charge is 2.21. The quantitative estimate of drug-likeness (QED) is 0.650. The van der Waals surface area contributed by atoms with Gasteiger partial charge in [0.15, 0.2) is 5.78 Å². The van der Waals surface area contributed by atoms with Crippen LogP contribution in [0, 0.1) is 0 Å². The number of carbonyl (C=O) groups is 1. The first-order valence-electron chi connectivity index (χ1n) is 7.80. The van der Waals surface area contributed by atoms with Gasteiger partial charge in [0, 0.05) is 12.0 Å². The zero-order valence-corrected chi connectivity index (χ0v) is 14.1. The van der Waals surface area contributed by atoms with Crippen LogP contribution in [0.3, 0.4) is 0 Å². The Morgan fingerprint density at radius 2 is 1.86 bits per heavy atom. The Morgan fingerprint density at radius 3 is 2.33 bits per heavy atom. The second-order valence-corrected chi connectivity index (χ2v) is 6.98. The van der Waals surface area contributed by atoms with E-state index in [4.69, 9.17) is 0 Å². The molecule has 1 aromatic carbocycles. The van der Waals surface area contributed by atoms with Crippen LogP contribution in [0.5, 0.6) is 0 Å². The maximum atomic E-state index is 12.4. The largest absolute Gasteiger partial charge is 0.294 e. The molecule has 1 aliphatic carbocycles. The number of allylic oxidation sites excluding steroid dienone is 4. The molecular formula is C20H26O. The van der Waals surface area contributed by atoms with Crippen molar-refractivity contribution in [2.45, 2.75) is 59.8 Å². The molecule has 112 valence electrons. The lowest BCUT2D eigenvalue weighted by Crippen LogP contribution is -2.13. The van der Waals surface area contributed by atoms with Crippen molar-refractivity contribution in [3.63, 3.8) is 0 Å². The Bertz CT molecular complexity index is 636. The number of ketones is 1. The van der Waals surface area contributed by atoms with E-state index in [1.54, 1.807) is 0 Å². The third-order valence-corrected chi connectivity index (χ3v) is 4.49. The number of rotatable bonds is 3. The summed E-state index contributed by atoms with van der Waals surface area (Å²) in [5, 5.41) is 0. The van der Waals surface area contributed by atoms with Gasteiger partial charge in [0.05, 0.1) is 0 Å². The van der Waals surface area contributed by atoms with Gasteiger partial charge in [-0.3, -0.25) is 4.79 Å². The van der Waals surface area contributed by atoms with Crippen LogP contribution < -0.4 is 0 Å². The van der Waals surface area contributed by atoms with E-state index in [1.807, 2.05) is 6.92 Å². The van der Waals surface area contributed by atoms with Gasteiger partial charge in [-0.1, -0.05) is 51.5 Å². The van der Waals surface area contributed by atoms with E-state index in [-0.39, 0.29) is 11.2 Å². The molecule has 0 aromatic heterocycles. The molecule has 1 aromatic rings. The average molecular weight is 282 g/mol. The summed E-state index contributed by atoms with van der Waals surface area (Å²) in [6.45, 7) is 12.8. The normalized spacial score (nSPS) is 15.4. The first-order valence-corrected chi connectivity index (χ1v) is 7.80. The number of benzene rings is 1. The predicted octanol–water partition coefficient (Wildman–Crippen LogP) is 5.70. The van der Waals surface area contributed by atoms with E-state index in [2.05, 4.69) is 58.9 Å². The first kappa shape index (κ1) is 15.8. The van der Waals surface area contributed by atoms with Crippen LogP contribution in [0.1, 0.15) is 75.9 Å². The van der Waals surface area contributed by atoms with E-state index in [9.17, 15) is 4.79 Å². The minimum Gasteiger partial charge on any atom is -0.294 e. The average Bonchev–Trinajstić information content (AvgIpc) is 2.76. The van der Waals surface area contributed by atoms with E-state index < -0.39 is 0 Å². The number of carbonyl (C=O) groups excluding carboxylic acids is 1. The van der Waals surface area contributed by atoms with Crippen molar-refractivity contribution in [1.29, 1.82) is 0 Å². The van der Waals surface area contributed by atoms with Crippen LogP contribution in [-0.2, 0) is 5.41 Å². The zero-order valence-electron chi connectivity index (χ0n) is 14.1. The van der Waals surface area contributed by atoms with Gasteiger partial charge in [-0.2, -0.15) is 0 Å².